The van der Waals surface area contributed by atoms with E-state index in [2.05, 4.69) is 29.2 Å². The maximum atomic E-state index is 12.9. The predicted molar refractivity (Wildman–Crippen MR) is 110 cm³/mol. The van der Waals surface area contributed by atoms with E-state index in [0.717, 1.165) is 31.2 Å². The zero-order valence-corrected chi connectivity index (χ0v) is 16.1. The molecule has 0 spiro atoms. The average Bonchev–Trinajstić information content (AvgIpc) is 2.76. The van der Waals surface area contributed by atoms with Crippen LogP contribution in [-0.4, -0.2) is 33.4 Å². The summed E-state index contributed by atoms with van der Waals surface area (Å²) in [5, 5.41) is 0. The van der Waals surface area contributed by atoms with Crippen LogP contribution in [0.1, 0.15) is 37.2 Å². The quantitative estimate of drug-likeness (QED) is 0.700. The van der Waals surface area contributed by atoms with Gasteiger partial charge in [0, 0.05) is 13.1 Å². The van der Waals surface area contributed by atoms with Gasteiger partial charge in [0.05, 0.1) is 17.2 Å². The SMILES string of the molecule is CN(C(=O)Cn1c(=O)cnc2ccccc21)C1CCC(c2ccccc2)CC1. The van der Waals surface area contributed by atoms with Crippen molar-refractivity contribution in [2.75, 3.05) is 7.05 Å². The maximum Gasteiger partial charge on any atom is 0.269 e. The number of nitrogens with zero attached hydrogens (tertiary/aromatic N) is 3. The van der Waals surface area contributed by atoms with Gasteiger partial charge in [0.25, 0.3) is 5.56 Å². The van der Waals surface area contributed by atoms with Gasteiger partial charge in [-0.3, -0.25) is 14.2 Å². The molecule has 1 aromatic heterocycles. The number of aromatic nitrogens is 2. The van der Waals surface area contributed by atoms with Crippen LogP contribution in [0.2, 0.25) is 0 Å². The van der Waals surface area contributed by atoms with E-state index < -0.39 is 0 Å². The Kier molecular flexibility index (Phi) is 5.24. The third-order valence-corrected chi connectivity index (χ3v) is 5.95. The zero-order chi connectivity index (χ0) is 19.5. The normalized spacial score (nSPS) is 19.5. The molecule has 5 nitrogen and oxygen atoms in total. The van der Waals surface area contributed by atoms with Crippen molar-refractivity contribution >= 4 is 16.9 Å². The van der Waals surface area contributed by atoms with E-state index in [9.17, 15) is 9.59 Å². The van der Waals surface area contributed by atoms with Gasteiger partial charge in [-0.25, -0.2) is 4.98 Å². The van der Waals surface area contributed by atoms with Crippen LogP contribution >= 0.6 is 0 Å². The number of fused-ring (bicyclic) bond motifs is 1. The summed E-state index contributed by atoms with van der Waals surface area (Å²) in [4.78, 5) is 31.2. The summed E-state index contributed by atoms with van der Waals surface area (Å²) >= 11 is 0. The molecule has 0 radical (unpaired) electrons. The Morgan fingerprint density at radius 3 is 2.46 bits per heavy atom. The van der Waals surface area contributed by atoms with Crippen LogP contribution in [-0.2, 0) is 11.3 Å². The predicted octanol–water partition coefficient (Wildman–Crippen LogP) is 3.58. The van der Waals surface area contributed by atoms with Crippen molar-refractivity contribution in [1.82, 2.24) is 14.5 Å². The number of rotatable bonds is 4. The lowest BCUT2D eigenvalue weighted by molar-refractivity contribution is -0.133. The van der Waals surface area contributed by atoms with Crippen LogP contribution in [0.4, 0.5) is 0 Å². The summed E-state index contributed by atoms with van der Waals surface area (Å²) in [6.07, 6.45) is 5.46. The van der Waals surface area contributed by atoms with Crippen molar-refractivity contribution in [2.24, 2.45) is 0 Å². The summed E-state index contributed by atoms with van der Waals surface area (Å²) < 4.78 is 1.52. The van der Waals surface area contributed by atoms with Gasteiger partial charge in [-0.1, -0.05) is 42.5 Å². The van der Waals surface area contributed by atoms with Crippen molar-refractivity contribution in [3.63, 3.8) is 0 Å². The zero-order valence-electron chi connectivity index (χ0n) is 16.1. The topological polar surface area (TPSA) is 55.2 Å². The molecule has 1 amide bonds. The highest BCUT2D eigenvalue weighted by molar-refractivity contribution is 5.80. The first-order valence-corrected chi connectivity index (χ1v) is 9.88. The minimum Gasteiger partial charge on any atom is -0.341 e. The fourth-order valence-corrected chi connectivity index (χ4v) is 4.25. The van der Waals surface area contributed by atoms with E-state index in [1.54, 1.807) is 0 Å². The fourth-order valence-electron chi connectivity index (χ4n) is 4.25. The highest BCUT2D eigenvalue weighted by Gasteiger charge is 2.27. The molecule has 3 aromatic rings. The molecule has 0 saturated heterocycles. The molecule has 28 heavy (non-hydrogen) atoms. The summed E-state index contributed by atoms with van der Waals surface area (Å²) in [5.41, 5.74) is 2.57. The number of likely N-dealkylation sites (N-methyl/N-ethyl adjacent to an activating group) is 1. The molecular formula is C23H25N3O2. The Balaban J connectivity index is 1.44. The van der Waals surface area contributed by atoms with Gasteiger partial charge in [-0.2, -0.15) is 0 Å². The first-order chi connectivity index (χ1) is 13.6. The molecule has 1 aliphatic carbocycles. The first kappa shape index (κ1) is 18.4. The summed E-state index contributed by atoms with van der Waals surface area (Å²) in [6.45, 7) is 0.0526. The van der Waals surface area contributed by atoms with Gasteiger partial charge in [0.2, 0.25) is 5.91 Å². The molecule has 144 valence electrons. The summed E-state index contributed by atoms with van der Waals surface area (Å²) in [5.74, 6) is 0.550. The van der Waals surface area contributed by atoms with Gasteiger partial charge < -0.3 is 4.90 Å². The van der Waals surface area contributed by atoms with E-state index in [-0.39, 0.29) is 24.1 Å². The second kappa shape index (κ2) is 7.97. The van der Waals surface area contributed by atoms with E-state index in [1.807, 2.05) is 42.3 Å². The Morgan fingerprint density at radius 1 is 1.04 bits per heavy atom. The molecule has 4 rings (SSSR count). The lowest BCUT2D eigenvalue weighted by atomic mass is 9.81. The number of carbonyl (C=O) groups is 1. The van der Waals surface area contributed by atoms with E-state index >= 15 is 0 Å². The monoisotopic (exact) mass is 375 g/mol. The van der Waals surface area contributed by atoms with E-state index in [0.29, 0.717) is 11.4 Å². The Hall–Kier alpha value is -2.95. The molecule has 0 N–H and O–H groups in total. The Labute approximate surface area is 164 Å². The van der Waals surface area contributed by atoms with E-state index in [1.165, 1.54) is 16.3 Å². The Bertz CT molecular complexity index is 1020. The number of amides is 1. The third kappa shape index (κ3) is 3.70. The molecule has 0 unspecified atom stereocenters. The molecule has 1 heterocycles. The van der Waals surface area contributed by atoms with Gasteiger partial charge in [0.15, 0.2) is 0 Å². The highest BCUT2D eigenvalue weighted by Crippen LogP contribution is 2.34. The molecule has 1 fully saturated rings. The van der Waals surface area contributed by atoms with Crippen LogP contribution in [0.3, 0.4) is 0 Å². The largest absolute Gasteiger partial charge is 0.341 e. The third-order valence-electron chi connectivity index (χ3n) is 5.95. The van der Waals surface area contributed by atoms with Gasteiger partial charge >= 0.3 is 0 Å². The highest BCUT2D eigenvalue weighted by atomic mass is 16.2. The molecule has 5 heteroatoms. The minimum atomic E-state index is -0.242. The molecule has 0 aliphatic heterocycles. The maximum absolute atomic E-state index is 12.9. The van der Waals surface area contributed by atoms with Crippen molar-refractivity contribution in [3.8, 4) is 0 Å². The van der Waals surface area contributed by atoms with Crippen LogP contribution in [0.15, 0.2) is 65.6 Å². The lowest BCUT2D eigenvalue weighted by Crippen LogP contribution is -2.42. The molecule has 1 saturated carbocycles. The smallest absolute Gasteiger partial charge is 0.269 e. The molecule has 0 atom stereocenters. The second-order valence-corrected chi connectivity index (χ2v) is 7.59. The standard InChI is InChI=1S/C23H25N3O2/c1-25(19-13-11-18(12-14-19)17-7-3-2-4-8-17)23(28)16-26-21-10-6-5-9-20(21)24-15-22(26)27/h2-10,15,18-19H,11-14,16H2,1H3. The van der Waals surface area contributed by atoms with Crippen molar-refractivity contribution in [3.05, 3.63) is 76.7 Å². The number of benzene rings is 2. The lowest BCUT2D eigenvalue weighted by Gasteiger charge is -2.35. The number of hydrogen-bond donors (Lipinski definition) is 0. The minimum absolute atomic E-state index is 0.0263. The van der Waals surface area contributed by atoms with Crippen LogP contribution in [0.25, 0.3) is 11.0 Å². The van der Waals surface area contributed by atoms with E-state index in [4.69, 9.17) is 0 Å². The number of carbonyl (C=O) groups excluding carboxylic acids is 1. The summed E-state index contributed by atoms with van der Waals surface area (Å²) in [6, 6.07) is 18.3. The molecular weight excluding hydrogens is 350 g/mol. The van der Waals surface area contributed by atoms with Crippen LogP contribution in [0, 0.1) is 0 Å². The van der Waals surface area contributed by atoms with Gasteiger partial charge in [-0.15, -0.1) is 0 Å². The van der Waals surface area contributed by atoms with Crippen molar-refractivity contribution < 1.29 is 4.79 Å². The average molecular weight is 375 g/mol. The molecule has 1 aliphatic rings. The number of para-hydroxylation sites is 2. The second-order valence-electron chi connectivity index (χ2n) is 7.59. The van der Waals surface area contributed by atoms with Crippen molar-refractivity contribution in [1.29, 1.82) is 0 Å². The summed E-state index contributed by atoms with van der Waals surface area (Å²) in [7, 11) is 1.87. The van der Waals surface area contributed by atoms with Crippen molar-refractivity contribution in [2.45, 2.75) is 44.2 Å². The molecule has 0 bridgehead atoms. The molecule has 2 aromatic carbocycles. The van der Waals surface area contributed by atoms with Gasteiger partial charge in [0.1, 0.15) is 6.54 Å². The van der Waals surface area contributed by atoms with Crippen LogP contribution in [0.5, 0.6) is 0 Å². The van der Waals surface area contributed by atoms with Crippen LogP contribution < -0.4 is 5.56 Å². The first-order valence-electron chi connectivity index (χ1n) is 9.88. The Morgan fingerprint density at radius 2 is 1.71 bits per heavy atom. The van der Waals surface area contributed by atoms with Gasteiger partial charge in [-0.05, 0) is 49.3 Å². The fraction of sp³-hybridized carbons (Fsp3) is 0.348. The number of hydrogen-bond acceptors (Lipinski definition) is 3.